The molecular weight excluding hydrogens is 486 g/mol. The number of benzene rings is 2. The van der Waals surface area contributed by atoms with Gasteiger partial charge in [-0.1, -0.05) is 17.7 Å². The zero-order valence-electron chi connectivity index (χ0n) is 17.2. The number of amides is 3. The average Bonchev–Trinajstić information content (AvgIpc) is 3.19. The molecule has 2 aromatic rings. The fraction of sp³-hybridized carbons (Fsp3) is 0.200. The predicted molar refractivity (Wildman–Crippen MR) is 113 cm³/mol. The zero-order chi connectivity index (χ0) is 25.3. The molecule has 1 aliphatic rings. The molecule has 9 nitrogen and oxygen atoms in total. The molecule has 0 fully saturated rings. The lowest BCUT2D eigenvalue weighted by Gasteiger charge is -2.31. The number of hydrogen-bond acceptors (Lipinski definition) is 6. The first-order valence-electron chi connectivity index (χ1n) is 9.36. The van der Waals surface area contributed by atoms with Crippen LogP contribution in [0.4, 0.5) is 23.2 Å². The molecular formula is C20H16ClF4N5O4. The molecule has 3 amide bonds. The largest absolute Gasteiger partial charge is 0.573 e. The van der Waals surface area contributed by atoms with Crippen molar-refractivity contribution in [3.8, 4) is 5.75 Å². The fourth-order valence-electron chi connectivity index (χ4n) is 3.34. The Labute approximate surface area is 194 Å². The molecule has 0 bridgehead atoms. The second kappa shape index (κ2) is 9.17. The molecule has 0 saturated carbocycles. The third-order valence-electron chi connectivity index (χ3n) is 4.90. The Morgan fingerprint density at radius 2 is 1.91 bits per heavy atom. The molecule has 0 saturated heterocycles. The van der Waals surface area contributed by atoms with Crippen LogP contribution >= 0.6 is 11.6 Å². The van der Waals surface area contributed by atoms with Gasteiger partial charge in [0.1, 0.15) is 5.82 Å². The lowest BCUT2D eigenvalue weighted by molar-refractivity contribution is -0.274. The van der Waals surface area contributed by atoms with E-state index < -0.39 is 52.9 Å². The third kappa shape index (κ3) is 4.73. The van der Waals surface area contributed by atoms with Gasteiger partial charge in [0.2, 0.25) is 5.91 Å². The van der Waals surface area contributed by atoms with Crippen LogP contribution < -0.4 is 26.4 Å². The van der Waals surface area contributed by atoms with Crippen LogP contribution in [0.3, 0.4) is 0 Å². The Hall–Kier alpha value is -3.87. The van der Waals surface area contributed by atoms with Gasteiger partial charge in [-0.25, -0.2) is 4.39 Å². The van der Waals surface area contributed by atoms with Gasteiger partial charge in [-0.05, 0) is 35.9 Å². The molecule has 2 unspecified atom stereocenters. The van der Waals surface area contributed by atoms with Gasteiger partial charge in [-0.3, -0.25) is 19.4 Å². The third-order valence-corrected chi connectivity index (χ3v) is 5.21. The van der Waals surface area contributed by atoms with E-state index in [1.165, 1.54) is 7.05 Å². The quantitative estimate of drug-likeness (QED) is 0.449. The number of nitrogens with one attached hydrogen (secondary N) is 3. The van der Waals surface area contributed by atoms with Crippen LogP contribution in [0.25, 0.3) is 0 Å². The van der Waals surface area contributed by atoms with Crippen LogP contribution in [0.1, 0.15) is 15.9 Å². The lowest BCUT2D eigenvalue weighted by atomic mass is 9.82. The van der Waals surface area contributed by atoms with E-state index in [2.05, 4.69) is 25.7 Å². The van der Waals surface area contributed by atoms with Gasteiger partial charge in [0.25, 0.3) is 11.8 Å². The molecule has 0 aromatic heterocycles. The average molecular weight is 502 g/mol. The summed E-state index contributed by atoms with van der Waals surface area (Å²) in [5, 5.41) is 6.75. The second-order valence-corrected chi connectivity index (χ2v) is 7.36. The van der Waals surface area contributed by atoms with Crippen molar-refractivity contribution in [2.75, 3.05) is 12.4 Å². The van der Waals surface area contributed by atoms with Crippen molar-refractivity contribution in [2.24, 2.45) is 10.7 Å². The molecule has 0 radical (unpaired) electrons. The first-order chi connectivity index (χ1) is 15.9. The van der Waals surface area contributed by atoms with Gasteiger partial charge in [-0.2, -0.15) is 0 Å². The van der Waals surface area contributed by atoms with Gasteiger partial charge >= 0.3 is 6.36 Å². The van der Waals surface area contributed by atoms with Crippen LogP contribution in [-0.2, 0) is 15.1 Å². The Kier molecular flexibility index (Phi) is 6.68. The van der Waals surface area contributed by atoms with E-state index in [1.807, 2.05) is 0 Å². The maximum absolute atomic E-state index is 13.3. The number of anilines is 1. The Morgan fingerprint density at radius 3 is 2.50 bits per heavy atom. The van der Waals surface area contributed by atoms with Crippen molar-refractivity contribution in [1.29, 1.82) is 0 Å². The van der Waals surface area contributed by atoms with Gasteiger partial charge in [0, 0.05) is 7.05 Å². The van der Waals surface area contributed by atoms with Crippen molar-refractivity contribution in [1.82, 2.24) is 10.6 Å². The van der Waals surface area contributed by atoms with Gasteiger partial charge in [0.15, 0.2) is 17.3 Å². The molecule has 2 atom stereocenters. The number of aliphatic imine (C=N–C) groups is 1. The summed E-state index contributed by atoms with van der Waals surface area (Å²) in [7, 11) is 1.28. The van der Waals surface area contributed by atoms with E-state index in [4.69, 9.17) is 17.3 Å². The van der Waals surface area contributed by atoms with Crippen LogP contribution in [0, 0.1) is 5.82 Å². The summed E-state index contributed by atoms with van der Waals surface area (Å²) in [5.41, 5.74) is 2.61. The topological polar surface area (TPSA) is 135 Å². The summed E-state index contributed by atoms with van der Waals surface area (Å²) < 4.78 is 56.6. The van der Waals surface area contributed by atoms with Crippen LogP contribution in [0.2, 0.25) is 5.02 Å². The normalized spacial score (nSPS) is 19.3. The maximum atomic E-state index is 13.3. The van der Waals surface area contributed by atoms with Crippen molar-refractivity contribution in [3.05, 3.63) is 58.4 Å². The molecule has 0 spiro atoms. The van der Waals surface area contributed by atoms with E-state index in [-0.39, 0.29) is 16.1 Å². The molecule has 1 heterocycles. The number of ether oxygens (including phenoxy) is 1. The number of hydrogen-bond donors (Lipinski definition) is 4. The molecule has 180 valence electrons. The van der Waals surface area contributed by atoms with Crippen molar-refractivity contribution in [3.63, 3.8) is 0 Å². The summed E-state index contributed by atoms with van der Waals surface area (Å²) in [6, 6.07) is 4.36. The Morgan fingerprint density at radius 1 is 1.21 bits per heavy atom. The minimum Gasteiger partial charge on any atom is -0.404 e. The van der Waals surface area contributed by atoms with E-state index in [0.717, 1.165) is 42.7 Å². The summed E-state index contributed by atoms with van der Waals surface area (Å²) in [5.74, 6) is -4.43. The highest BCUT2D eigenvalue weighted by Crippen LogP contribution is 2.38. The highest BCUT2D eigenvalue weighted by atomic mass is 35.5. The number of nitrogens with zero attached hydrogens (tertiary/aromatic N) is 1. The number of nitrogens with two attached hydrogens (primary N) is 1. The van der Waals surface area contributed by atoms with Crippen LogP contribution in [0.5, 0.6) is 5.75 Å². The first-order valence-corrected chi connectivity index (χ1v) is 9.74. The van der Waals surface area contributed by atoms with E-state index in [0.29, 0.717) is 0 Å². The fourth-order valence-corrected chi connectivity index (χ4v) is 3.59. The Balaban J connectivity index is 2.07. The SMILES string of the molecule is CNC(=O)C1N=CNC1(C(N)=O)c1ccc(NC(=O)c2ccc(F)cc2Cl)c(OC(F)(F)F)c1. The molecule has 2 aromatic carbocycles. The molecule has 1 aliphatic heterocycles. The first kappa shape index (κ1) is 24.8. The van der Waals surface area contributed by atoms with Crippen molar-refractivity contribution in [2.45, 2.75) is 17.9 Å². The number of carbonyl (C=O) groups excluding carboxylic acids is 3. The van der Waals surface area contributed by atoms with E-state index in [1.54, 1.807) is 0 Å². The minimum atomic E-state index is -5.19. The van der Waals surface area contributed by atoms with Crippen LogP contribution in [0.15, 0.2) is 41.4 Å². The molecule has 14 heteroatoms. The highest BCUT2D eigenvalue weighted by Gasteiger charge is 2.52. The number of rotatable bonds is 6. The van der Waals surface area contributed by atoms with Crippen molar-refractivity contribution < 1.29 is 36.7 Å². The summed E-state index contributed by atoms with van der Waals surface area (Å²) >= 11 is 5.84. The molecule has 5 N–H and O–H groups in total. The van der Waals surface area contributed by atoms with Crippen LogP contribution in [-0.4, -0.2) is 43.5 Å². The number of alkyl halides is 3. The smallest absolute Gasteiger partial charge is 0.404 e. The predicted octanol–water partition coefficient (Wildman–Crippen LogP) is 2.06. The highest BCUT2D eigenvalue weighted by molar-refractivity contribution is 6.34. The number of halogens is 5. The van der Waals surface area contributed by atoms with E-state index in [9.17, 15) is 31.9 Å². The van der Waals surface area contributed by atoms with E-state index >= 15 is 0 Å². The minimum absolute atomic E-state index is 0.192. The second-order valence-electron chi connectivity index (χ2n) is 6.95. The number of carbonyl (C=O) groups is 3. The molecule has 0 aliphatic carbocycles. The summed E-state index contributed by atoms with van der Waals surface area (Å²) in [6.45, 7) is 0. The lowest BCUT2D eigenvalue weighted by Crippen LogP contribution is -2.59. The number of primary amides is 1. The standard InChI is InChI=1S/C20H16ClF4N5O4/c1-27-17(32)15-19(18(26)33,29-8-28-15)9-2-5-13(14(6-9)34-20(23,24)25)30-16(31)11-4-3-10(22)7-12(11)21/h2-8,15H,1H3,(H2,26,33)(H,27,32)(H,28,29)(H,30,31). The summed E-state index contributed by atoms with van der Waals surface area (Å²) in [4.78, 5) is 41.1. The summed E-state index contributed by atoms with van der Waals surface area (Å²) in [6.07, 6.45) is -4.16. The Bertz CT molecular complexity index is 1190. The maximum Gasteiger partial charge on any atom is 0.573 e. The van der Waals surface area contributed by atoms with Crippen molar-refractivity contribution >= 4 is 41.3 Å². The van der Waals surface area contributed by atoms with Gasteiger partial charge < -0.3 is 26.4 Å². The number of likely N-dealkylation sites (N-methyl/N-ethyl adjacent to an activating group) is 1. The molecule has 34 heavy (non-hydrogen) atoms. The monoisotopic (exact) mass is 501 g/mol. The van der Waals surface area contributed by atoms with Gasteiger partial charge in [0.05, 0.1) is 22.6 Å². The molecule has 3 rings (SSSR count). The van der Waals surface area contributed by atoms with Gasteiger partial charge in [-0.15, -0.1) is 13.2 Å². The zero-order valence-corrected chi connectivity index (χ0v) is 17.9.